The first-order chi connectivity index (χ1) is 15.5. The minimum absolute atomic E-state index is 0.263. The second-order valence-electron chi connectivity index (χ2n) is 7.62. The maximum Gasteiger partial charge on any atom is 0.185 e. The number of nitrogen functional groups attached to an aromatic ring is 1. The molecule has 0 spiro atoms. The number of hydrazone groups is 1. The lowest BCUT2D eigenvalue weighted by molar-refractivity contribution is 0.228. The van der Waals surface area contributed by atoms with Gasteiger partial charge >= 0.3 is 0 Å². The first-order valence-corrected chi connectivity index (χ1v) is 10.1. The highest BCUT2D eigenvalue weighted by molar-refractivity contribution is 6.11. The molecule has 1 atom stereocenters. The van der Waals surface area contributed by atoms with Crippen LogP contribution in [-0.2, 0) is 7.05 Å². The van der Waals surface area contributed by atoms with Gasteiger partial charge in [0.2, 0.25) is 0 Å². The van der Waals surface area contributed by atoms with Crippen molar-refractivity contribution in [3.63, 3.8) is 0 Å². The van der Waals surface area contributed by atoms with Crippen LogP contribution in [0.1, 0.15) is 29.8 Å². The van der Waals surface area contributed by atoms with Crippen LogP contribution in [0.25, 0.3) is 11.1 Å². The van der Waals surface area contributed by atoms with Crippen LogP contribution >= 0.6 is 0 Å². The molecule has 3 aromatic rings. The molecule has 0 unspecified atom stereocenters. The lowest BCUT2D eigenvalue weighted by Gasteiger charge is -2.27. The van der Waals surface area contributed by atoms with Crippen LogP contribution in [0.15, 0.2) is 52.7 Å². The second kappa shape index (κ2) is 7.35. The molecule has 9 heteroatoms. The summed E-state index contributed by atoms with van der Waals surface area (Å²) in [6, 6.07) is 10.1. The number of benzene rings is 1. The smallest absolute Gasteiger partial charge is 0.185 e. The quantitative estimate of drug-likeness (QED) is 0.587. The molecule has 1 aromatic carbocycles. The van der Waals surface area contributed by atoms with E-state index in [0.717, 1.165) is 16.8 Å². The fourth-order valence-corrected chi connectivity index (χ4v) is 3.86. The summed E-state index contributed by atoms with van der Waals surface area (Å²) in [5, 5.41) is 20.6. The topological polar surface area (TPSA) is 118 Å². The van der Waals surface area contributed by atoms with Crippen molar-refractivity contribution in [1.29, 1.82) is 5.26 Å². The van der Waals surface area contributed by atoms with E-state index in [2.05, 4.69) is 27.3 Å². The number of allylic oxidation sites excluding steroid dienone is 1. The maximum absolute atomic E-state index is 9.78. The number of aryl methyl sites for hydroxylation is 2. The molecule has 2 bridgehead atoms. The van der Waals surface area contributed by atoms with Gasteiger partial charge in [0.25, 0.3) is 0 Å². The molecular formula is C23H20N8O. The third kappa shape index (κ3) is 3.09. The molecule has 32 heavy (non-hydrogen) atoms. The molecule has 5 rings (SSSR count). The molecule has 0 saturated carbocycles. The molecule has 0 fully saturated rings. The minimum atomic E-state index is -0.352. The number of ether oxygens (including phenoxy) is 1. The largest absolute Gasteiger partial charge is 0.482 e. The summed E-state index contributed by atoms with van der Waals surface area (Å²) in [6.07, 6.45) is 6.61. The van der Waals surface area contributed by atoms with Crippen molar-refractivity contribution in [3.8, 4) is 22.9 Å². The number of nitriles is 1. The second-order valence-corrected chi connectivity index (χ2v) is 7.62. The maximum atomic E-state index is 9.78. The average molecular weight is 424 g/mol. The van der Waals surface area contributed by atoms with Gasteiger partial charge in [-0.1, -0.05) is 17.7 Å². The Hall–Kier alpha value is -4.45. The van der Waals surface area contributed by atoms with E-state index in [1.807, 2.05) is 38.1 Å². The number of aromatic nitrogens is 3. The van der Waals surface area contributed by atoms with Crippen LogP contribution < -0.4 is 15.5 Å². The number of pyridine rings is 1. The van der Waals surface area contributed by atoms with E-state index < -0.39 is 0 Å². The van der Waals surface area contributed by atoms with E-state index in [4.69, 9.17) is 15.5 Å². The molecule has 0 saturated heterocycles. The SMILES string of the molecule is Cc1ccc2c(c1)[C@@H](C)Oc1cc(cnc1N)-c1c(nn(C)c1C#N)N=C1C=CC=NN12. The van der Waals surface area contributed by atoms with Gasteiger partial charge in [0, 0.05) is 30.6 Å². The number of anilines is 2. The van der Waals surface area contributed by atoms with Gasteiger partial charge in [0.1, 0.15) is 17.9 Å². The zero-order valence-electron chi connectivity index (χ0n) is 17.8. The van der Waals surface area contributed by atoms with Gasteiger partial charge < -0.3 is 10.5 Å². The van der Waals surface area contributed by atoms with Crippen molar-refractivity contribution in [2.75, 3.05) is 10.7 Å². The van der Waals surface area contributed by atoms with Gasteiger partial charge in [-0.3, -0.25) is 4.68 Å². The third-order valence-corrected chi connectivity index (χ3v) is 5.41. The van der Waals surface area contributed by atoms with E-state index in [1.165, 1.54) is 4.68 Å². The summed E-state index contributed by atoms with van der Waals surface area (Å²) in [6.45, 7) is 3.98. The number of nitrogens with zero attached hydrogens (tertiary/aromatic N) is 7. The van der Waals surface area contributed by atoms with Gasteiger partial charge in [0.05, 0.1) is 11.3 Å². The van der Waals surface area contributed by atoms with Crippen LogP contribution in [0.2, 0.25) is 0 Å². The summed E-state index contributed by atoms with van der Waals surface area (Å²) in [7, 11) is 1.71. The zero-order valence-corrected chi connectivity index (χ0v) is 17.8. The molecule has 158 valence electrons. The monoisotopic (exact) mass is 424 g/mol. The summed E-state index contributed by atoms with van der Waals surface area (Å²) < 4.78 is 7.79. The van der Waals surface area contributed by atoms with Crippen LogP contribution in [0.5, 0.6) is 5.75 Å². The predicted molar refractivity (Wildman–Crippen MR) is 123 cm³/mol. The Balaban J connectivity index is 1.85. The Bertz CT molecular complexity index is 1380. The van der Waals surface area contributed by atoms with Crippen molar-refractivity contribution in [1.82, 2.24) is 14.8 Å². The summed E-state index contributed by atoms with van der Waals surface area (Å²) >= 11 is 0. The van der Waals surface area contributed by atoms with Gasteiger partial charge in [-0.05, 0) is 38.1 Å². The van der Waals surface area contributed by atoms with Crippen molar-refractivity contribution in [2.24, 2.45) is 17.1 Å². The Labute approximate surface area is 184 Å². The number of rotatable bonds is 0. The number of fused-ring (bicyclic) bond motifs is 7. The van der Waals surface area contributed by atoms with Gasteiger partial charge in [-0.2, -0.15) is 15.5 Å². The normalized spacial score (nSPS) is 16.5. The van der Waals surface area contributed by atoms with E-state index in [-0.39, 0.29) is 11.9 Å². The number of hydrogen-bond acceptors (Lipinski definition) is 8. The molecular weight excluding hydrogens is 404 g/mol. The van der Waals surface area contributed by atoms with Crippen molar-refractivity contribution >= 4 is 29.4 Å². The third-order valence-electron chi connectivity index (χ3n) is 5.41. The highest BCUT2D eigenvalue weighted by Gasteiger charge is 2.26. The fraction of sp³-hybridized carbons (Fsp3) is 0.174. The van der Waals surface area contributed by atoms with E-state index in [0.29, 0.717) is 34.2 Å². The highest BCUT2D eigenvalue weighted by atomic mass is 16.5. The number of amidine groups is 1. The van der Waals surface area contributed by atoms with Crippen LogP contribution in [-0.4, -0.2) is 26.8 Å². The van der Waals surface area contributed by atoms with Gasteiger partial charge in [-0.15, -0.1) is 0 Å². The number of hydrogen-bond donors (Lipinski definition) is 1. The molecule has 2 aliphatic heterocycles. The molecule has 0 amide bonds. The highest BCUT2D eigenvalue weighted by Crippen LogP contribution is 2.39. The Morgan fingerprint density at radius 1 is 1.25 bits per heavy atom. The molecule has 4 heterocycles. The summed E-state index contributed by atoms with van der Waals surface area (Å²) in [4.78, 5) is 9.12. The molecule has 2 aromatic heterocycles. The number of nitrogens with two attached hydrogens (primary N) is 1. The lowest BCUT2D eigenvalue weighted by Crippen LogP contribution is -2.27. The van der Waals surface area contributed by atoms with Crippen LogP contribution in [0, 0.1) is 18.3 Å². The van der Waals surface area contributed by atoms with E-state index >= 15 is 0 Å². The molecule has 2 aliphatic rings. The summed E-state index contributed by atoms with van der Waals surface area (Å²) in [5.74, 6) is 1.63. The number of aliphatic imine (C=N–C) groups is 1. The Kier molecular flexibility index (Phi) is 4.48. The van der Waals surface area contributed by atoms with Crippen molar-refractivity contribution in [3.05, 3.63) is 59.4 Å². The Morgan fingerprint density at radius 3 is 2.91 bits per heavy atom. The van der Waals surface area contributed by atoms with Gasteiger partial charge in [-0.25, -0.2) is 15.0 Å². The molecule has 0 radical (unpaired) electrons. The fourth-order valence-electron chi connectivity index (χ4n) is 3.86. The molecule has 9 nitrogen and oxygen atoms in total. The van der Waals surface area contributed by atoms with E-state index in [9.17, 15) is 5.26 Å². The van der Waals surface area contributed by atoms with Crippen LogP contribution in [0.4, 0.5) is 17.3 Å². The van der Waals surface area contributed by atoms with Crippen molar-refractivity contribution < 1.29 is 4.74 Å². The average Bonchev–Trinajstić information content (AvgIpc) is 3.09. The molecule has 2 N–H and O–H groups in total. The van der Waals surface area contributed by atoms with Gasteiger partial charge in [0.15, 0.2) is 23.2 Å². The summed E-state index contributed by atoms with van der Waals surface area (Å²) in [5.41, 5.74) is 10.5. The Morgan fingerprint density at radius 2 is 2.09 bits per heavy atom. The standard InChI is InChI=1S/C23H20N8O/c1-13-6-7-17-16(9-13)14(2)32-19-10-15(12-26-22(19)25)21-18(11-24)30(3)29-23(21)28-20-5-4-8-27-31(17)20/h4-10,12,14H,1-3H3,(H2,25,26)/t14-/m1/s1. The first-order valence-electron chi connectivity index (χ1n) is 10.1. The van der Waals surface area contributed by atoms with Crippen molar-refractivity contribution in [2.45, 2.75) is 20.0 Å². The molecule has 0 aliphatic carbocycles. The first kappa shape index (κ1) is 19.5. The zero-order chi connectivity index (χ0) is 22.4. The van der Waals surface area contributed by atoms with E-state index in [1.54, 1.807) is 30.5 Å². The van der Waals surface area contributed by atoms with Crippen LogP contribution in [0.3, 0.4) is 0 Å². The lowest BCUT2D eigenvalue weighted by atomic mass is 10.0. The predicted octanol–water partition coefficient (Wildman–Crippen LogP) is 3.79. The minimum Gasteiger partial charge on any atom is -0.482 e.